The number of alkyl halides is 3. The summed E-state index contributed by atoms with van der Waals surface area (Å²) in [6, 6.07) is 3.32. The molecule has 0 bridgehead atoms. The summed E-state index contributed by atoms with van der Waals surface area (Å²) in [5.41, 5.74) is -0.741. The second-order valence-corrected chi connectivity index (χ2v) is 3.48. The number of benzene rings is 1. The molecule has 0 saturated carbocycles. The first kappa shape index (κ1) is 12.8. The first-order valence-corrected chi connectivity index (χ1v) is 4.69. The molecule has 1 aromatic rings. The van der Waals surface area contributed by atoms with Crippen molar-refractivity contribution < 1.29 is 18.0 Å². The first-order chi connectivity index (χ1) is 7.36. The minimum Gasteiger partial charge on any atom is -0.399 e. The van der Waals surface area contributed by atoms with E-state index in [0.29, 0.717) is 0 Å². The van der Waals surface area contributed by atoms with E-state index in [1.54, 1.807) is 0 Å². The van der Waals surface area contributed by atoms with Gasteiger partial charge in [0.2, 0.25) is 0 Å². The maximum atomic E-state index is 12.6. The van der Waals surface area contributed by atoms with E-state index in [1.807, 2.05) is 0 Å². The van der Waals surface area contributed by atoms with Crippen molar-refractivity contribution in [3.05, 3.63) is 34.3 Å². The number of hydrogen-bond donors (Lipinski definition) is 0. The van der Waals surface area contributed by atoms with Crippen LogP contribution < -0.4 is 0 Å². The van der Waals surface area contributed by atoms with Crippen molar-refractivity contribution >= 4 is 17.3 Å². The average Bonchev–Trinajstić information content (AvgIpc) is 2.16. The van der Waals surface area contributed by atoms with Crippen LogP contribution in [0.25, 0.3) is 0 Å². The predicted octanol–water partition coefficient (Wildman–Crippen LogP) is 3.73. The summed E-state index contributed by atoms with van der Waals surface area (Å²) >= 11 is 5.65. The van der Waals surface area contributed by atoms with Gasteiger partial charge < -0.3 is 4.84 Å². The molecule has 0 radical (unpaired) electrons. The van der Waals surface area contributed by atoms with Crippen LogP contribution in [0.4, 0.5) is 13.2 Å². The van der Waals surface area contributed by atoms with Crippen molar-refractivity contribution in [2.24, 2.45) is 5.16 Å². The maximum Gasteiger partial charge on any atom is 0.417 e. The van der Waals surface area contributed by atoms with Crippen LogP contribution in [0.1, 0.15) is 18.1 Å². The van der Waals surface area contributed by atoms with Gasteiger partial charge in [-0.3, -0.25) is 0 Å². The molecular weight excluding hydrogens is 243 g/mol. The number of oxime groups is 1. The molecule has 0 atom stereocenters. The summed E-state index contributed by atoms with van der Waals surface area (Å²) in [4.78, 5) is 4.44. The van der Waals surface area contributed by atoms with E-state index in [4.69, 9.17) is 11.6 Å². The first-order valence-electron chi connectivity index (χ1n) is 4.31. The Morgan fingerprint density at radius 2 is 2.00 bits per heavy atom. The molecule has 0 aliphatic carbocycles. The number of halogens is 4. The Labute approximate surface area is 95.7 Å². The summed E-state index contributed by atoms with van der Waals surface area (Å²) in [6.45, 7) is 1.42. The van der Waals surface area contributed by atoms with E-state index in [9.17, 15) is 13.2 Å². The molecule has 1 rings (SSSR count). The van der Waals surface area contributed by atoms with E-state index in [1.165, 1.54) is 26.2 Å². The smallest absolute Gasteiger partial charge is 0.399 e. The highest BCUT2D eigenvalue weighted by molar-refractivity contribution is 6.31. The molecule has 0 heterocycles. The SMILES string of the molecule is CO/N=C(\C)c1cc(Cl)ccc1C(F)(F)F. The highest BCUT2D eigenvalue weighted by atomic mass is 35.5. The Morgan fingerprint density at radius 3 is 2.50 bits per heavy atom. The van der Waals surface area contributed by atoms with Crippen LogP contribution in [0.2, 0.25) is 5.02 Å². The van der Waals surface area contributed by atoms with Gasteiger partial charge in [-0.2, -0.15) is 13.2 Å². The van der Waals surface area contributed by atoms with Crippen molar-refractivity contribution in [2.45, 2.75) is 13.1 Å². The molecule has 0 N–H and O–H groups in total. The lowest BCUT2D eigenvalue weighted by atomic mass is 10.0. The molecule has 0 aromatic heterocycles. The Bertz CT molecular complexity index is 415. The molecular formula is C10H9ClF3NO. The second-order valence-electron chi connectivity index (χ2n) is 3.05. The van der Waals surface area contributed by atoms with Crippen LogP contribution in [0, 0.1) is 0 Å². The fourth-order valence-electron chi connectivity index (χ4n) is 1.25. The molecule has 16 heavy (non-hydrogen) atoms. The lowest BCUT2D eigenvalue weighted by Gasteiger charge is -2.12. The van der Waals surface area contributed by atoms with E-state index in [2.05, 4.69) is 9.99 Å². The van der Waals surface area contributed by atoms with E-state index < -0.39 is 11.7 Å². The predicted molar refractivity (Wildman–Crippen MR) is 55.7 cm³/mol. The Balaban J connectivity index is 3.35. The summed E-state index contributed by atoms with van der Waals surface area (Å²) in [5, 5.41) is 3.68. The van der Waals surface area contributed by atoms with Gasteiger partial charge >= 0.3 is 6.18 Å². The van der Waals surface area contributed by atoms with E-state index >= 15 is 0 Å². The van der Waals surface area contributed by atoms with Crippen LogP contribution in [-0.4, -0.2) is 12.8 Å². The molecule has 6 heteroatoms. The molecule has 0 saturated heterocycles. The average molecular weight is 252 g/mol. The van der Waals surface area contributed by atoms with Gasteiger partial charge in [0.1, 0.15) is 7.11 Å². The highest BCUT2D eigenvalue weighted by Crippen LogP contribution is 2.33. The Morgan fingerprint density at radius 1 is 1.38 bits per heavy atom. The van der Waals surface area contributed by atoms with Gasteiger partial charge in [0, 0.05) is 10.6 Å². The summed E-state index contributed by atoms with van der Waals surface area (Å²) in [7, 11) is 1.27. The van der Waals surface area contributed by atoms with Crippen molar-refractivity contribution in [3.63, 3.8) is 0 Å². The van der Waals surface area contributed by atoms with Crippen molar-refractivity contribution in [1.82, 2.24) is 0 Å². The standard InChI is InChI=1S/C10H9ClF3NO/c1-6(15-16-2)8-5-7(11)3-4-9(8)10(12,13)14/h3-5H,1-2H3/b15-6+. The fraction of sp³-hybridized carbons (Fsp3) is 0.300. The van der Waals surface area contributed by atoms with Gasteiger partial charge in [-0.15, -0.1) is 0 Å². The number of nitrogens with zero attached hydrogens (tertiary/aromatic N) is 1. The van der Waals surface area contributed by atoms with Crippen LogP contribution in [0.3, 0.4) is 0 Å². The van der Waals surface area contributed by atoms with Crippen LogP contribution in [0.5, 0.6) is 0 Å². The minimum absolute atomic E-state index is 0.0816. The summed E-state index contributed by atoms with van der Waals surface area (Å²) in [6.07, 6.45) is -4.44. The second kappa shape index (κ2) is 4.74. The Hall–Kier alpha value is -1.23. The molecule has 0 aliphatic rings. The molecule has 0 amide bonds. The van der Waals surface area contributed by atoms with Gasteiger partial charge in [-0.1, -0.05) is 16.8 Å². The summed E-state index contributed by atoms with van der Waals surface area (Å²) in [5.74, 6) is 0. The fourth-order valence-corrected chi connectivity index (χ4v) is 1.42. The Kier molecular flexibility index (Phi) is 3.80. The molecule has 0 spiro atoms. The van der Waals surface area contributed by atoms with Gasteiger partial charge in [-0.05, 0) is 25.1 Å². The topological polar surface area (TPSA) is 21.6 Å². The monoisotopic (exact) mass is 251 g/mol. The zero-order valence-electron chi connectivity index (χ0n) is 8.60. The zero-order chi connectivity index (χ0) is 12.3. The molecule has 2 nitrogen and oxygen atoms in total. The van der Waals surface area contributed by atoms with Crippen LogP contribution in [0.15, 0.2) is 23.4 Å². The van der Waals surface area contributed by atoms with E-state index in [-0.39, 0.29) is 16.3 Å². The van der Waals surface area contributed by atoms with Gasteiger partial charge in [-0.25, -0.2) is 0 Å². The molecule has 0 aliphatic heterocycles. The molecule has 0 unspecified atom stereocenters. The third kappa shape index (κ3) is 2.88. The van der Waals surface area contributed by atoms with Crippen molar-refractivity contribution in [2.75, 3.05) is 7.11 Å². The minimum atomic E-state index is -4.44. The van der Waals surface area contributed by atoms with E-state index in [0.717, 1.165) is 6.07 Å². The largest absolute Gasteiger partial charge is 0.417 e. The van der Waals surface area contributed by atoms with Gasteiger partial charge in [0.25, 0.3) is 0 Å². The molecule has 0 fully saturated rings. The zero-order valence-corrected chi connectivity index (χ0v) is 9.36. The van der Waals surface area contributed by atoms with Gasteiger partial charge in [0.05, 0.1) is 11.3 Å². The quantitative estimate of drug-likeness (QED) is 0.580. The maximum absolute atomic E-state index is 12.6. The normalized spacial score (nSPS) is 12.8. The van der Waals surface area contributed by atoms with Crippen LogP contribution in [-0.2, 0) is 11.0 Å². The third-order valence-electron chi connectivity index (χ3n) is 1.91. The van der Waals surface area contributed by atoms with Crippen molar-refractivity contribution in [3.8, 4) is 0 Å². The molecule has 1 aromatic carbocycles. The lowest BCUT2D eigenvalue weighted by molar-refractivity contribution is -0.137. The lowest BCUT2D eigenvalue weighted by Crippen LogP contribution is -2.12. The van der Waals surface area contributed by atoms with Gasteiger partial charge in [0.15, 0.2) is 0 Å². The number of rotatable bonds is 2. The molecule has 88 valence electrons. The number of hydrogen-bond acceptors (Lipinski definition) is 2. The summed E-state index contributed by atoms with van der Waals surface area (Å²) < 4.78 is 37.9. The highest BCUT2D eigenvalue weighted by Gasteiger charge is 2.34. The van der Waals surface area contributed by atoms with Crippen LogP contribution >= 0.6 is 11.6 Å². The van der Waals surface area contributed by atoms with Crippen molar-refractivity contribution in [1.29, 1.82) is 0 Å². The third-order valence-corrected chi connectivity index (χ3v) is 2.14.